The number of hydrogen-bond donors (Lipinski definition) is 1. The van der Waals surface area contributed by atoms with Gasteiger partial charge in [0, 0.05) is 24.5 Å². The van der Waals surface area contributed by atoms with E-state index in [0.717, 1.165) is 28.0 Å². The van der Waals surface area contributed by atoms with Crippen LogP contribution >= 0.6 is 0 Å². The van der Waals surface area contributed by atoms with E-state index in [4.69, 9.17) is 4.74 Å². The molecule has 0 saturated carbocycles. The maximum atomic E-state index is 14.7. The zero-order valence-electron chi connectivity index (χ0n) is 17.5. The molecule has 0 fully saturated rings. The Labute approximate surface area is 184 Å². The quantitative estimate of drug-likeness (QED) is 0.358. The van der Waals surface area contributed by atoms with Crippen LogP contribution in [0.25, 0.3) is 22.0 Å². The molecule has 0 unspecified atom stereocenters. The molecule has 32 heavy (non-hydrogen) atoms. The number of nitrogens with zero attached hydrogens (tertiary/aromatic N) is 2. The molecule has 0 radical (unpaired) electrons. The first-order chi connectivity index (χ1) is 15.5. The van der Waals surface area contributed by atoms with Gasteiger partial charge in [0.1, 0.15) is 5.82 Å². The number of carbonyl (C=O) groups is 2. The number of esters is 1. The van der Waals surface area contributed by atoms with Gasteiger partial charge in [-0.3, -0.25) is 4.79 Å². The minimum Gasteiger partial charge on any atom is -0.465 e. The summed E-state index contributed by atoms with van der Waals surface area (Å²) < 4.78 is 21.0. The van der Waals surface area contributed by atoms with Crippen molar-refractivity contribution in [1.29, 1.82) is 0 Å². The first-order valence-electron chi connectivity index (χ1n) is 9.85. The summed E-state index contributed by atoms with van der Waals surface area (Å²) >= 11 is 0. The Morgan fingerprint density at radius 3 is 2.59 bits per heavy atom. The molecule has 4 aromatic rings. The summed E-state index contributed by atoms with van der Waals surface area (Å²) in [6.07, 6.45) is 5.86. The Morgan fingerprint density at radius 2 is 1.88 bits per heavy atom. The molecule has 1 heterocycles. The average molecular weight is 429 g/mol. The third kappa shape index (κ3) is 4.27. The number of aromatic nitrogens is 2. The maximum absolute atomic E-state index is 14.7. The molecule has 0 aliphatic rings. The van der Waals surface area contributed by atoms with Crippen molar-refractivity contribution in [2.45, 2.75) is 6.92 Å². The fraction of sp³-hybridized carbons (Fsp3) is 0.0800. The molecule has 6 nitrogen and oxygen atoms in total. The zero-order chi connectivity index (χ0) is 22.7. The molecule has 0 aliphatic heterocycles. The van der Waals surface area contributed by atoms with Gasteiger partial charge in [-0.15, -0.1) is 0 Å². The lowest BCUT2D eigenvalue weighted by Crippen LogP contribution is -2.15. The first kappa shape index (κ1) is 21.0. The highest BCUT2D eigenvalue weighted by atomic mass is 19.1. The lowest BCUT2D eigenvalue weighted by atomic mass is 10.0. The highest BCUT2D eigenvalue weighted by Gasteiger charge is 2.18. The molecule has 1 amide bonds. The van der Waals surface area contributed by atoms with E-state index in [2.05, 4.69) is 10.3 Å². The second-order valence-corrected chi connectivity index (χ2v) is 7.19. The minimum absolute atomic E-state index is 0.0192. The number of allylic oxidation sites excluding steroid dienone is 1. The van der Waals surface area contributed by atoms with E-state index in [9.17, 15) is 14.0 Å². The summed E-state index contributed by atoms with van der Waals surface area (Å²) in [5.41, 5.74) is 1.77. The SMILES string of the molecule is COC(=O)c1cc(-n2ccnc2)c(F)cc1NC(=O)/C=C(/C)c1ccc2ccccc2c1. The van der Waals surface area contributed by atoms with Gasteiger partial charge in [0.05, 0.1) is 30.4 Å². The fourth-order valence-corrected chi connectivity index (χ4v) is 3.43. The number of methoxy groups -OCH3 is 1. The Hall–Kier alpha value is -4.26. The van der Waals surface area contributed by atoms with Gasteiger partial charge in [0.2, 0.25) is 5.91 Å². The molecule has 1 aromatic heterocycles. The molecule has 4 rings (SSSR count). The van der Waals surface area contributed by atoms with E-state index < -0.39 is 17.7 Å². The van der Waals surface area contributed by atoms with Crippen molar-refractivity contribution in [3.63, 3.8) is 0 Å². The number of hydrogen-bond acceptors (Lipinski definition) is 4. The molecular formula is C25H20FN3O3. The van der Waals surface area contributed by atoms with Crippen molar-refractivity contribution in [2.75, 3.05) is 12.4 Å². The number of carbonyl (C=O) groups excluding carboxylic acids is 2. The molecule has 0 bridgehead atoms. The summed E-state index contributed by atoms with van der Waals surface area (Å²) in [7, 11) is 1.22. The van der Waals surface area contributed by atoms with E-state index in [0.29, 0.717) is 0 Å². The summed E-state index contributed by atoms with van der Waals surface area (Å²) in [5.74, 6) is -1.81. The first-order valence-corrected chi connectivity index (χ1v) is 9.85. The number of ether oxygens (including phenoxy) is 1. The molecule has 3 aromatic carbocycles. The number of rotatable bonds is 5. The zero-order valence-corrected chi connectivity index (χ0v) is 17.5. The standard InChI is InChI=1S/C25H20FN3O3/c1-16(18-8-7-17-5-3-4-6-19(17)12-18)11-24(30)28-22-14-21(26)23(29-10-9-27-15-29)13-20(22)25(31)32-2/h3-15H,1-2H3,(H,28,30)/b16-11-. The van der Waals surface area contributed by atoms with Crippen molar-refractivity contribution >= 4 is 33.9 Å². The Kier molecular flexibility index (Phi) is 5.81. The lowest BCUT2D eigenvalue weighted by Gasteiger charge is -2.13. The highest BCUT2D eigenvalue weighted by Crippen LogP contribution is 2.25. The second kappa shape index (κ2) is 8.85. The molecule has 0 aliphatic carbocycles. The van der Waals surface area contributed by atoms with E-state index >= 15 is 0 Å². The van der Waals surface area contributed by atoms with Crippen LogP contribution in [0.1, 0.15) is 22.8 Å². The third-order valence-electron chi connectivity index (χ3n) is 5.09. The third-order valence-corrected chi connectivity index (χ3v) is 5.09. The van der Waals surface area contributed by atoms with Crippen LogP contribution in [-0.4, -0.2) is 28.5 Å². The van der Waals surface area contributed by atoms with Crippen LogP contribution in [0, 0.1) is 5.82 Å². The van der Waals surface area contributed by atoms with Crippen LogP contribution < -0.4 is 5.32 Å². The largest absolute Gasteiger partial charge is 0.465 e. The van der Waals surface area contributed by atoms with Gasteiger partial charge < -0.3 is 14.6 Å². The lowest BCUT2D eigenvalue weighted by molar-refractivity contribution is -0.111. The Bertz CT molecular complexity index is 1340. The number of fused-ring (bicyclic) bond motifs is 1. The monoisotopic (exact) mass is 429 g/mol. The Morgan fingerprint density at radius 1 is 1.09 bits per heavy atom. The molecule has 0 spiro atoms. The van der Waals surface area contributed by atoms with E-state index in [1.165, 1.54) is 36.3 Å². The summed E-state index contributed by atoms with van der Waals surface area (Å²) in [5, 5.41) is 4.76. The van der Waals surface area contributed by atoms with Crippen LogP contribution in [0.15, 0.2) is 79.4 Å². The predicted octanol–water partition coefficient (Wildman–Crippen LogP) is 4.99. The summed E-state index contributed by atoms with van der Waals surface area (Å²) in [6, 6.07) is 16.3. The fourth-order valence-electron chi connectivity index (χ4n) is 3.43. The van der Waals surface area contributed by atoms with Gasteiger partial charge in [-0.05, 0) is 41.0 Å². The maximum Gasteiger partial charge on any atom is 0.340 e. The minimum atomic E-state index is -0.697. The topological polar surface area (TPSA) is 73.2 Å². The van der Waals surface area contributed by atoms with Crippen LogP contribution in [-0.2, 0) is 9.53 Å². The van der Waals surface area contributed by atoms with Gasteiger partial charge in [0.25, 0.3) is 0 Å². The number of nitrogens with one attached hydrogen (secondary N) is 1. The predicted molar refractivity (Wildman–Crippen MR) is 121 cm³/mol. The molecule has 7 heteroatoms. The van der Waals surface area contributed by atoms with Crippen molar-refractivity contribution in [1.82, 2.24) is 9.55 Å². The molecule has 0 atom stereocenters. The number of halogens is 1. The highest BCUT2D eigenvalue weighted by molar-refractivity contribution is 6.08. The molecule has 0 saturated heterocycles. The van der Waals surface area contributed by atoms with E-state index in [1.54, 1.807) is 6.20 Å². The molecule has 1 N–H and O–H groups in total. The van der Waals surface area contributed by atoms with Gasteiger partial charge in [0.15, 0.2) is 0 Å². The number of amides is 1. The summed E-state index contributed by atoms with van der Waals surface area (Å²) in [4.78, 5) is 28.8. The average Bonchev–Trinajstić information content (AvgIpc) is 3.33. The van der Waals surface area contributed by atoms with E-state index in [1.807, 2.05) is 49.4 Å². The van der Waals surface area contributed by atoms with Crippen molar-refractivity contribution < 1.29 is 18.7 Å². The van der Waals surface area contributed by atoms with Crippen LogP contribution in [0.5, 0.6) is 0 Å². The molecule has 160 valence electrons. The van der Waals surface area contributed by atoms with Crippen LogP contribution in [0.4, 0.5) is 10.1 Å². The van der Waals surface area contributed by atoms with Crippen LogP contribution in [0.2, 0.25) is 0 Å². The van der Waals surface area contributed by atoms with Gasteiger partial charge in [-0.25, -0.2) is 14.2 Å². The van der Waals surface area contributed by atoms with Gasteiger partial charge >= 0.3 is 5.97 Å². The normalized spacial score (nSPS) is 11.4. The van der Waals surface area contributed by atoms with Crippen molar-refractivity contribution in [2.24, 2.45) is 0 Å². The molecular weight excluding hydrogens is 409 g/mol. The Balaban J connectivity index is 1.64. The van der Waals surface area contributed by atoms with Crippen molar-refractivity contribution in [3.05, 3.63) is 96.3 Å². The van der Waals surface area contributed by atoms with Crippen LogP contribution in [0.3, 0.4) is 0 Å². The van der Waals surface area contributed by atoms with Crippen molar-refractivity contribution in [3.8, 4) is 5.69 Å². The number of imidazole rings is 1. The van der Waals surface area contributed by atoms with Gasteiger partial charge in [-0.1, -0.05) is 36.4 Å². The summed E-state index contributed by atoms with van der Waals surface area (Å²) in [6.45, 7) is 1.81. The smallest absolute Gasteiger partial charge is 0.340 e. The number of benzene rings is 3. The van der Waals surface area contributed by atoms with Gasteiger partial charge in [-0.2, -0.15) is 0 Å². The second-order valence-electron chi connectivity index (χ2n) is 7.19. The number of anilines is 1. The van der Waals surface area contributed by atoms with E-state index in [-0.39, 0.29) is 16.9 Å².